The first-order chi connectivity index (χ1) is 12.5. The van der Waals surface area contributed by atoms with Crippen LogP contribution in [0.25, 0.3) is 0 Å². The van der Waals surface area contributed by atoms with Gasteiger partial charge in [0, 0.05) is 22.3 Å². The van der Waals surface area contributed by atoms with Crippen LogP contribution in [0.4, 0.5) is 5.69 Å². The third kappa shape index (κ3) is 5.40. The van der Waals surface area contributed by atoms with Gasteiger partial charge in [0.15, 0.2) is 0 Å². The van der Waals surface area contributed by atoms with Gasteiger partial charge >= 0.3 is 0 Å². The van der Waals surface area contributed by atoms with Crippen molar-refractivity contribution >= 4 is 60.7 Å². The van der Waals surface area contributed by atoms with Crippen LogP contribution in [-0.4, -0.2) is 0 Å². The van der Waals surface area contributed by atoms with Gasteiger partial charge in [0.2, 0.25) is 0 Å². The summed E-state index contributed by atoms with van der Waals surface area (Å²) >= 11 is 19.2. The van der Waals surface area contributed by atoms with E-state index in [0.717, 1.165) is 31.5 Å². The van der Waals surface area contributed by atoms with E-state index < -0.39 is 0 Å². The Morgan fingerprint density at radius 1 is 0.808 bits per heavy atom. The molecule has 6 heteroatoms. The van der Waals surface area contributed by atoms with Gasteiger partial charge in [-0.3, -0.25) is 0 Å². The lowest BCUT2D eigenvalue weighted by Gasteiger charge is -2.13. The van der Waals surface area contributed by atoms with Crippen LogP contribution in [0.5, 0.6) is 5.75 Å². The second kappa shape index (κ2) is 9.14. The van der Waals surface area contributed by atoms with Crippen molar-refractivity contribution in [2.24, 2.45) is 0 Å². The van der Waals surface area contributed by atoms with E-state index in [2.05, 4.69) is 37.2 Å². The van der Waals surface area contributed by atoms with E-state index in [1.807, 2.05) is 60.7 Å². The number of rotatable bonds is 6. The summed E-state index contributed by atoms with van der Waals surface area (Å²) in [5, 5.41) is 4.77. The van der Waals surface area contributed by atoms with E-state index in [4.69, 9.17) is 27.9 Å². The van der Waals surface area contributed by atoms with Crippen LogP contribution < -0.4 is 10.1 Å². The predicted molar refractivity (Wildman–Crippen MR) is 116 cm³/mol. The molecule has 1 N–H and O–H groups in total. The van der Waals surface area contributed by atoms with Crippen LogP contribution in [0.3, 0.4) is 0 Å². The molecular formula is C20H15Br2Cl2NO. The van der Waals surface area contributed by atoms with Gasteiger partial charge in [-0.05, 0) is 85.5 Å². The third-order valence-corrected chi connectivity index (χ3v) is 5.30. The van der Waals surface area contributed by atoms with E-state index in [9.17, 15) is 0 Å². The molecule has 0 amide bonds. The molecule has 0 aliphatic carbocycles. The quantitative estimate of drug-likeness (QED) is 0.363. The minimum absolute atomic E-state index is 0.442. The van der Waals surface area contributed by atoms with Gasteiger partial charge in [0.05, 0.1) is 8.95 Å². The van der Waals surface area contributed by atoms with E-state index in [1.54, 1.807) is 0 Å². The maximum absolute atomic E-state index is 6.02. The minimum atomic E-state index is 0.442. The smallest absolute Gasteiger partial charge is 0.148 e. The molecular weight excluding hydrogens is 501 g/mol. The standard InChI is InChI=1S/C20H15Br2Cl2NO/c21-18-8-14(11-25-17-6-2-5-16(24)10-17)9-19(22)20(18)26-12-13-3-1-4-15(23)7-13/h1-10,25H,11-12H2. The predicted octanol–water partition coefficient (Wildman–Crippen LogP) is 7.71. The molecule has 3 aromatic rings. The van der Waals surface area contributed by atoms with Crippen LogP contribution in [-0.2, 0) is 13.2 Å². The second-order valence-corrected chi connectivity index (χ2v) is 8.25. The number of benzene rings is 3. The zero-order valence-corrected chi connectivity index (χ0v) is 18.3. The molecule has 3 aromatic carbocycles. The highest BCUT2D eigenvalue weighted by atomic mass is 79.9. The van der Waals surface area contributed by atoms with Crippen LogP contribution in [0.2, 0.25) is 10.0 Å². The number of halogens is 4. The molecule has 0 spiro atoms. The molecule has 0 fully saturated rings. The first-order valence-electron chi connectivity index (χ1n) is 7.86. The van der Waals surface area contributed by atoms with E-state index in [1.165, 1.54) is 0 Å². The molecule has 0 atom stereocenters. The summed E-state index contributed by atoms with van der Waals surface area (Å²) in [6, 6.07) is 19.4. The first-order valence-corrected chi connectivity index (χ1v) is 10.2. The highest BCUT2D eigenvalue weighted by Crippen LogP contribution is 2.35. The van der Waals surface area contributed by atoms with E-state index in [0.29, 0.717) is 23.2 Å². The van der Waals surface area contributed by atoms with Gasteiger partial charge in [-0.25, -0.2) is 0 Å². The minimum Gasteiger partial charge on any atom is -0.487 e. The molecule has 0 radical (unpaired) electrons. The molecule has 0 unspecified atom stereocenters. The molecule has 26 heavy (non-hydrogen) atoms. The van der Waals surface area contributed by atoms with Crippen molar-refractivity contribution in [1.29, 1.82) is 0 Å². The van der Waals surface area contributed by atoms with E-state index in [-0.39, 0.29) is 0 Å². The van der Waals surface area contributed by atoms with Crippen LogP contribution in [0.1, 0.15) is 11.1 Å². The summed E-state index contributed by atoms with van der Waals surface area (Å²) in [6.45, 7) is 1.12. The van der Waals surface area contributed by atoms with Crippen molar-refractivity contribution in [1.82, 2.24) is 0 Å². The molecule has 0 bridgehead atoms. The molecule has 2 nitrogen and oxygen atoms in total. The Morgan fingerprint density at radius 2 is 1.46 bits per heavy atom. The van der Waals surface area contributed by atoms with Crippen molar-refractivity contribution in [2.45, 2.75) is 13.2 Å². The average Bonchev–Trinajstić information content (AvgIpc) is 2.59. The first kappa shape index (κ1) is 19.6. The summed E-state index contributed by atoms with van der Waals surface area (Å²) in [4.78, 5) is 0. The van der Waals surface area contributed by atoms with Crippen LogP contribution in [0.15, 0.2) is 69.6 Å². The largest absolute Gasteiger partial charge is 0.487 e. The highest BCUT2D eigenvalue weighted by molar-refractivity contribution is 9.11. The number of nitrogens with one attached hydrogen (secondary N) is 1. The number of hydrogen-bond donors (Lipinski definition) is 1. The van der Waals surface area contributed by atoms with Crippen molar-refractivity contribution in [3.05, 3.63) is 90.8 Å². The van der Waals surface area contributed by atoms with Gasteiger partial charge in [-0.15, -0.1) is 0 Å². The lowest BCUT2D eigenvalue weighted by atomic mass is 10.2. The van der Waals surface area contributed by atoms with Crippen molar-refractivity contribution in [2.75, 3.05) is 5.32 Å². The van der Waals surface area contributed by atoms with Gasteiger partial charge in [0.25, 0.3) is 0 Å². The normalized spacial score (nSPS) is 10.6. The number of ether oxygens (including phenoxy) is 1. The average molecular weight is 516 g/mol. The Morgan fingerprint density at radius 3 is 2.12 bits per heavy atom. The molecule has 134 valence electrons. The molecule has 0 aliphatic rings. The molecule has 0 saturated heterocycles. The third-order valence-electron chi connectivity index (χ3n) is 3.65. The molecule has 0 aliphatic heterocycles. The maximum atomic E-state index is 6.02. The fourth-order valence-electron chi connectivity index (χ4n) is 2.44. The molecule has 3 rings (SSSR count). The summed E-state index contributed by atoms with van der Waals surface area (Å²) in [5.41, 5.74) is 3.10. The number of anilines is 1. The zero-order chi connectivity index (χ0) is 18.5. The Kier molecular flexibility index (Phi) is 6.87. The van der Waals surface area contributed by atoms with Crippen LogP contribution >= 0.6 is 55.1 Å². The van der Waals surface area contributed by atoms with E-state index >= 15 is 0 Å². The monoisotopic (exact) mass is 513 g/mol. The summed E-state index contributed by atoms with van der Waals surface area (Å²) in [6.07, 6.45) is 0. The molecule has 0 saturated carbocycles. The van der Waals surface area contributed by atoms with Gasteiger partial charge in [0.1, 0.15) is 12.4 Å². The Balaban J connectivity index is 1.67. The summed E-state index contributed by atoms with van der Waals surface area (Å²) in [5.74, 6) is 0.761. The van der Waals surface area contributed by atoms with Gasteiger partial charge < -0.3 is 10.1 Å². The SMILES string of the molecule is Clc1cccc(COc2c(Br)cc(CNc3cccc(Cl)c3)cc2Br)c1. The van der Waals surface area contributed by atoms with Gasteiger partial charge in [-0.1, -0.05) is 41.4 Å². The Hall–Kier alpha value is -1.20. The van der Waals surface area contributed by atoms with Crippen molar-refractivity contribution in [3.8, 4) is 5.75 Å². The topological polar surface area (TPSA) is 21.3 Å². The summed E-state index contributed by atoms with van der Waals surface area (Å²) < 4.78 is 7.72. The fourth-order valence-corrected chi connectivity index (χ4v) is 4.35. The Labute approximate surface area is 179 Å². The van der Waals surface area contributed by atoms with Gasteiger partial charge in [-0.2, -0.15) is 0 Å². The lowest BCUT2D eigenvalue weighted by Crippen LogP contribution is -2.01. The maximum Gasteiger partial charge on any atom is 0.148 e. The second-order valence-electron chi connectivity index (χ2n) is 5.67. The highest BCUT2D eigenvalue weighted by Gasteiger charge is 2.10. The van der Waals surface area contributed by atoms with Crippen LogP contribution in [0, 0.1) is 0 Å². The van der Waals surface area contributed by atoms with Crippen molar-refractivity contribution < 1.29 is 4.74 Å². The number of hydrogen-bond acceptors (Lipinski definition) is 2. The molecule has 0 aromatic heterocycles. The van der Waals surface area contributed by atoms with Crippen molar-refractivity contribution in [3.63, 3.8) is 0 Å². The fraction of sp³-hybridized carbons (Fsp3) is 0.100. The summed E-state index contributed by atoms with van der Waals surface area (Å²) in [7, 11) is 0. The zero-order valence-electron chi connectivity index (χ0n) is 13.6. The lowest BCUT2D eigenvalue weighted by molar-refractivity contribution is 0.302. The molecule has 0 heterocycles. The Bertz CT molecular complexity index is 895.